The van der Waals surface area contributed by atoms with E-state index in [1.807, 2.05) is 4.90 Å². The van der Waals surface area contributed by atoms with Crippen LogP contribution < -0.4 is 11.1 Å². The number of hydrogen-bond acceptors (Lipinski definition) is 5. The zero-order valence-corrected chi connectivity index (χ0v) is 13.2. The molecule has 3 N–H and O–H groups in total. The largest absolute Gasteiger partial charge is 0.369 e. The summed E-state index contributed by atoms with van der Waals surface area (Å²) in [6.07, 6.45) is 3.44. The molecule has 0 aliphatic carbocycles. The van der Waals surface area contributed by atoms with Crippen LogP contribution in [0.1, 0.15) is 38.4 Å². The molecule has 2 rings (SSSR count). The van der Waals surface area contributed by atoms with Gasteiger partial charge in [-0.2, -0.15) is 0 Å². The number of aryl methyl sites for hydroxylation is 1. The molecule has 122 valence electrons. The molecule has 1 fully saturated rings. The Labute approximate surface area is 130 Å². The zero-order valence-electron chi connectivity index (χ0n) is 13.2. The minimum absolute atomic E-state index is 0.105. The van der Waals surface area contributed by atoms with Gasteiger partial charge in [-0.1, -0.05) is 24.9 Å². The van der Waals surface area contributed by atoms with Crippen LogP contribution in [0, 0.1) is 12.8 Å². The van der Waals surface area contributed by atoms with Gasteiger partial charge in [0.1, 0.15) is 5.76 Å². The first-order chi connectivity index (χ1) is 10.5. The molecule has 1 aromatic heterocycles. The summed E-state index contributed by atoms with van der Waals surface area (Å²) in [5.74, 6) is 0.521. The minimum Gasteiger partial charge on any atom is -0.369 e. The maximum atomic E-state index is 12.5. The average Bonchev–Trinajstić information content (AvgIpc) is 3.09. The van der Waals surface area contributed by atoms with Crippen molar-refractivity contribution in [3.05, 3.63) is 11.8 Å². The topological polar surface area (TPSA) is 101 Å². The summed E-state index contributed by atoms with van der Waals surface area (Å²) in [5, 5.41) is 6.58. The molecule has 1 aliphatic heterocycles. The van der Waals surface area contributed by atoms with Gasteiger partial charge in [0, 0.05) is 12.6 Å². The van der Waals surface area contributed by atoms with E-state index >= 15 is 0 Å². The number of rotatable bonds is 7. The van der Waals surface area contributed by atoms with Gasteiger partial charge in [0.05, 0.1) is 12.0 Å². The van der Waals surface area contributed by atoms with Gasteiger partial charge in [-0.25, -0.2) is 0 Å². The van der Waals surface area contributed by atoms with Gasteiger partial charge >= 0.3 is 0 Å². The molecule has 0 bridgehead atoms. The Balaban J connectivity index is 2.02. The second-order valence-corrected chi connectivity index (χ2v) is 5.85. The maximum absolute atomic E-state index is 12.5. The summed E-state index contributed by atoms with van der Waals surface area (Å²) >= 11 is 0. The Morgan fingerprint density at radius 3 is 2.91 bits per heavy atom. The van der Waals surface area contributed by atoms with Crippen molar-refractivity contribution in [1.29, 1.82) is 0 Å². The quantitative estimate of drug-likeness (QED) is 0.790. The molecule has 0 unspecified atom stereocenters. The first kappa shape index (κ1) is 16.5. The van der Waals surface area contributed by atoms with Crippen molar-refractivity contribution in [3.8, 4) is 0 Å². The third-order valence-corrected chi connectivity index (χ3v) is 4.08. The molecular weight excluding hydrogens is 284 g/mol. The van der Waals surface area contributed by atoms with Crippen LogP contribution in [0.25, 0.3) is 0 Å². The van der Waals surface area contributed by atoms with E-state index in [0.717, 1.165) is 19.3 Å². The number of nitrogens with zero attached hydrogens (tertiary/aromatic N) is 2. The van der Waals surface area contributed by atoms with Crippen LogP contribution in [-0.2, 0) is 9.59 Å². The van der Waals surface area contributed by atoms with E-state index < -0.39 is 0 Å². The highest BCUT2D eigenvalue weighted by molar-refractivity contribution is 5.94. The third kappa shape index (κ3) is 4.07. The van der Waals surface area contributed by atoms with Crippen LogP contribution in [0.3, 0.4) is 0 Å². The number of likely N-dealkylation sites (tertiary alicyclic amines) is 1. The highest BCUT2D eigenvalue weighted by atomic mass is 16.5. The second-order valence-electron chi connectivity index (χ2n) is 5.85. The molecule has 7 heteroatoms. The Kier molecular flexibility index (Phi) is 5.54. The van der Waals surface area contributed by atoms with E-state index in [0.29, 0.717) is 31.1 Å². The molecule has 0 saturated carbocycles. The summed E-state index contributed by atoms with van der Waals surface area (Å²) in [4.78, 5) is 25.9. The molecule has 1 aromatic rings. The van der Waals surface area contributed by atoms with Crippen LogP contribution >= 0.6 is 0 Å². The Morgan fingerprint density at radius 1 is 1.59 bits per heavy atom. The van der Waals surface area contributed by atoms with Gasteiger partial charge in [0.15, 0.2) is 5.82 Å². The van der Waals surface area contributed by atoms with E-state index in [9.17, 15) is 9.59 Å². The fourth-order valence-electron chi connectivity index (χ4n) is 2.81. The Hall–Kier alpha value is -1.89. The van der Waals surface area contributed by atoms with Gasteiger partial charge in [-0.05, 0) is 26.3 Å². The molecular formula is C15H24N4O3. The third-order valence-electron chi connectivity index (χ3n) is 4.08. The van der Waals surface area contributed by atoms with Crippen molar-refractivity contribution >= 4 is 17.6 Å². The van der Waals surface area contributed by atoms with Crippen molar-refractivity contribution < 1.29 is 14.1 Å². The lowest BCUT2D eigenvalue weighted by Gasteiger charge is -2.26. The molecule has 2 amide bonds. The number of carbonyl (C=O) groups is 2. The summed E-state index contributed by atoms with van der Waals surface area (Å²) in [6.45, 7) is 5.13. The van der Waals surface area contributed by atoms with Crippen LogP contribution in [0.15, 0.2) is 10.6 Å². The average molecular weight is 308 g/mol. The number of amides is 2. The van der Waals surface area contributed by atoms with Crippen molar-refractivity contribution in [2.45, 2.75) is 45.6 Å². The molecule has 1 aliphatic rings. The number of aromatic nitrogens is 1. The lowest BCUT2D eigenvalue weighted by atomic mass is 10.1. The van der Waals surface area contributed by atoms with Crippen LogP contribution in [0.2, 0.25) is 0 Å². The van der Waals surface area contributed by atoms with E-state index in [1.54, 1.807) is 13.0 Å². The molecule has 22 heavy (non-hydrogen) atoms. The van der Waals surface area contributed by atoms with Gasteiger partial charge in [-0.3, -0.25) is 14.5 Å². The molecule has 0 spiro atoms. The first-order valence-corrected chi connectivity index (χ1v) is 7.78. The summed E-state index contributed by atoms with van der Waals surface area (Å²) in [7, 11) is 0. The molecule has 2 heterocycles. The molecule has 1 saturated heterocycles. The van der Waals surface area contributed by atoms with Crippen molar-refractivity contribution in [2.24, 2.45) is 11.7 Å². The molecule has 0 radical (unpaired) electrons. The SMILES string of the molecule is CCCC[C@@H](C(=O)Nc1cc(C)on1)N1CC[C@@H](C(N)=O)C1. The zero-order chi connectivity index (χ0) is 16.1. The highest BCUT2D eigenvalue weighted by Gasteiger charge is 2.34. The fraction of sp³-hybridized carbons (Fsp3) is 0.667. The normalized spacial score (nSPS) is 20.0. The summed E-state index contributed by atoms with van der Waals surface area (Å²) in [6, 6.07) is 1.42. The minimum atomic E-state index is -0.288. The number of unbranched alkanes of at least 4 members (excludes halogenated alkanes) is 1. The van der Waals surface area contributed by atoms with Gasteiger partial charge in [0.2, 0.25) is 11.8 Å². The lowest BCUT2D eigenvalue weighted by Crippen LogP contribution is -2.43. The maximum Gasteiger partial charge on any atom is 0.242 e. The molecule has 0 aromatic carbocycles. The number of primary amides is 1. The fourth-order valence-corrected chi connectivity index (χ4v) is 2.81. The predicted octanol–water partition coefficient (Wildman–Crippen LogP) is 1.29. The monoisotopic (exact) mass is 308 g/mol. The number of nitrogens with one attached hydrogen (secondary N) is 1. The van der Waals surface area contributed by atoms with E-state index in [-0.39, 0.29) is 23.8 Å². The van der Waals surface area contributed by atoms with Crippen LogP contribution in [-0.4, -0.2) is 41.0 Å². The Morgan fingerprint density at radius 2 is 2.36 bits per heavy atom. The summed E-state index contributed by atoms with van der Waals surface area (Å²) < 4.78 is 4.96. The van der Waals surface area contributed by atoms with Gasteiger partial charge < -0.3 is 15.6 Å². The number of anilines is 1. The van der Waals surface area contributed by atoms with Gasteiger partial charge in [0.25, 0.3) is 0 Å². The van der Waals surface area contributed by atoms with Crippen molar-refractivity contribution in [1.82, 2.24) is 10.1 Å². The number of nitrogens with two attached hydrogens (primary N) is 1. The lowest BCUT2D eigenvalue weighted by molar-refractivity contribution is -0.123. The molecule has 7 nitrogen and oxygen atoms in total. The van der Waals surface area contributed by atoms with E-state index in [1.165, 1.54) is 0 Å². The van der Waals surface area contributed by atoms with Gasteiger partial charge in [-0.15, -0.1) is 0 Å². The Bertz CT molecular complexity index is 529. The van der Waals surface area contributed by atoms with E-state index in [4.69, 9.17) is 10.3 Å². The highest BCUT2D eigenvalue weighted by Crippen LogP contribution is 2.22. The summed E-state index contributed by atoms with van der Waals surface area (Å²) in [5.41, 5.74) is 5.37. The van der Waals surface area contributed by atoms with Crippen LogP contribution in [0.5, 0.6) is 0 Å². The second kappa shape index (κ2) is 7.40. The standard InChI is InChI=1S/C15H24N4O3/c1-3-4-5-12(19-7-6-11(9-19)14(16)20)15(21)17-13-8-10(2)22-18-13/h8,11-12H,3-7,9H2,1-2H3,(H2,16,20)(H,17,18,21)/t11-,12+/m1/s1. The number of hydrogen-bond donors (Lipinski definition) is 2. The number of carbonyl (C=O) groups excluding carboxylic acids is 2. The predicted molar refractivity (Wildman–Crippen MR) is 82.1 cm³/mol. The van der Waals surface area contributed by atoms with Crippen LogP contribution in [0.4, 0.5) is 5.82 Å². The van der Waals surface area contributed by atoms with Crippen molar-refractivity contribution in [3.63, 3.8) is 0 Å². The molecule has 2 atom stereocenters. The van der Waals surface area contributed by atoms with E-state index in [2.05, 4.69) is 17.4 Å². The van der Waals surface area contributed by atoms with Crippen molar-refractivity contribution in [2.75, 3.05) is 18.4 Å². The first-order valence-electron chi connectivity index (χ1n) is 7.78. The smallest absolute Gasteiger partial charge is 0.242 e.